The van der Waals surface area contributed by atoms with Crippen LogP contribution in [0.2, 0.25) is 10.0 Å². The molecular weight excluding hydrogens is 309 g/mol. The molecule has 2 N–H and O–H groups in total. The van der Waals surface area contributed by atoms with Gasteiger partial charge < -0.3 is 15.2 Å². The van der Waals surface area contributed by atoms with Crippen LogP contribution in [0.3, 0.4) is 0 Å². The van der Waals surface area contributed by atoms with Gasteiger partial charge in [0.1, 0.15) is 13.2 Å². The van der Waals surface area contributed by atoms with Crippen LogP contribution in [0.5, 0.6) is 11.5 Å². The second-order valence-corrected chi connectivity index (χ2v) is 5.80. The number of fused-ring (bicyclic) bond motifs is 1. The Morgan fingerprint density at radius 2 is 1.76 bits per heavy atom. The first-order chi connectivity index (χ1) is 10.1. The number of halogens is 2. The van der Waals surface area contributed by atoms with Crippen LogP contribution in [0.15, 0.2) is 36.4 Å². The fourth-order valence-electron chi connectivity index (χ4n) is 2.39. The molecule has 1 atom stereocenters. The van der Waals surface area contributed by atoms with Gasteiger partial charge in [0.25, 0.3) is 0 Å². The maximum Gasteiger partial charge on any atom is 0.162 e. The maximum absolute atomic E-state index is 6.31. The number of rotatable bonds is 3. The summed E-state index contributed by atoms with van der Waals surface area (Å²) in [5, 5.41) is 1.29. The molecule has 0 spiro atoms. The standard InChI is InChI=1S/C16H15Cl2NO2/c17-11-3-1-2-10(6-11)7-14(19)12-8-15-16(9-13(12)18)21-5-4-20-15/h1-3,6,8-9,14H,4-5,7,19H2. The van der Waals surface area contributed by atoms with E-state index in [2.05, 4.69) is 0 Å². The van der Waals surface area contributed by atoms with Crippen molar-refractivity contribution in [3.8, 4) is 11.5 Å². The summed E-state index contributed by atoms with van der Waals surface area (Å²) in [6.07, 6.45) is 0.653. The summed E-state index contributed by atoms with van der Waals surface area (Å²) in [7, 11) is 0. The van der Waals surface area contributed by atoms with E-state index in [1.807, 2.05) is 30.3 Å². The zero-order valence-electron chi connectivity index (χ0n) is 11.3. The zero-order chi connectivity index (χ0) is 14.8. The van der Waals surface area contributed by atoms with Crippen molar-refractivity contribution in [1.29, 1.82) is 0 Å². The normalized spacial score (nSPS) is 14.8. The number of hydrogen-bond acceptors (Lipinski definition) is 3. The third-order valence-corrected chi connectivity index (χ3v) is 3.97. The summed E-state index contributed by atoms with van der Waals surface area (Å²) < 4.78 is 11.1. The van der Waals surface area contributed by atoms with Crippen molar-refractivity contribution in [2.45, 2.75) is 12.5 Å². The molecule has 0 radical (unpaired) electrons. The third-order valence-electron chi connectivity index (χ3n) is 3.41. The lowest BCUT2D eigenvalue weighted by atomic mass is 9.99. The highest BCUT2D eigenvalue weighted by atomic mass is 35.5. The molecule has 2 aromatic rings. The zero-order valence-corrected chi connectivity index (χ0v) is 12.8. The molecule has 1 unspecified atom stereocenters. The van der Waals surface area contributed by atoms with Gasteiger partial charge in [0.15, 0.2) is 11.5 Å². The minimum Gasteiger partial charge on any atom is -0.486 e. The van der Waals surface area contributed by atoms with Gasteiger partial charge in [0, 0.05) is 22.2 Å². The van der Waals surface area contributed by atoms with E-state index in [9.17, 15) is 0 Å². The number of nitrogens with two attached hydrogens (primary N) is 1. The summed E-state index contributed by atoms with van der Waals surface area (Å²) in [4.78, 5) is 0. The van der Waals surface area contributed by atoms with Crippen LogP contribution in [-0.2, 0) is 6.42 Å². The molecule has 1 aliphatic rings. The van der Waals surface area contributed by atoms with Crippen molar-refractivity contribution >= 4 is 23.2 Å². The minimum absolute atomic E-state index is 0.230. The van der Waals surface area contributed by atoms with Gasteiger partial charge in [0.05, 0.1) is 0 Å². The Balaban J connectivity index is 1.85. The van der Waals surface area contributed by atoms with Gasteiger partial charge in [-0.3, -0.25) is 0 Å². The van der Waals surface area contributed by atoms with Crippen LogP contribution in [-0.4, -0.2) is 13.2 Å². The summed E-state index contributed by atoms with van der Waals surface area (Å²) in [5.41, 5.74) is 8.21. The van der Waals surface area contributed by atoms with E-state index in [0.717, 1.165) is 11.1 Å². The molecule has 0 saturated heterocycles. The van der Waals surface area contributed by atoms with E-state index in [1.54, 1.807) is 6.07 Å². The molecule has 1 heterocycles. The van der Waals surface area contributed by atoms with Crippen LogP contribution >= 0.6 is 23.2 Å². The molecule has 2 aromatic carbocycles. The van der Waals surface area contributed by atoms with E-state index >= 15 is 0 Å². The molecule has 1 aliphatic heterocycles. The number of ether oxygens (including phenoxy) is 2. The molecule has 5 heteroatoms. The highest BCUT2D eigenvalue weighted by Gasteiger charge is 2.18. The number of hydrogen-bond donors (Lipinski definition) is 1. The van der Waals surface area contributed by atoms with E-state index in [4.69, 9.17) is 38.4 Å². The Bertz CT molecular complexity index is 661. The monoisotopic (exact) mass is 323 g/mol. The third kappa shape index (κ3) is 3.26. The Morgan fingerprint density at radius 3 is 2.48 bits per heavy atom. The van der Waals surface area contributed by atoms with Crippen molar-refractivity contribution in [2.24, 2.45) is 5.73 Å². The summed E-state index contributed by atoms with van der Waals surface area (Å²) in [6.45, 7) is 1.08. The predicted molar refractivity (Wildman–Crippen MR) is 84.5 cm³/mol. The van der Waals surface area contributed by atoms with Crippen molar-refractivity contribution < 1.29 is 9.47 Å². The van der Waals surface area contributed by atoms with E-state index in [-0.39, 0.29) is 6.04 Å². The van der Waals surface area contributed by atoms with Gasteiger partial charge in [-0.15, -0.1) is 0 Å². The molecule has 0 fully saturated rings. The predicted octanol–water partition coefficient (Wildman–Crippen LogP) is 4.01. The van der Waals surface area contributed by atoms with Crippen molar-refractivity contribution in [3.63, 3.8) is 0 Å². The van der Waals surface area contributed by atoms with Crippen molar-refractivity contribution in [3.05, 3.63) is 57.6 Å². The molecule has 0 amide bonds. The fourth-order valence-corrected chi connectivity index (χ4v) is 2.90. The summed E-state index contributed by atoms with van der Waals surface area (Å²) >= 11 is 12.3. The lowest BCUT2D eigenvalue weighted by Crippen LogP contribution is -2.18. The average Bonchev–Trinajstić information content (AvgIpc) is 2.46. The van der Waals surface area contributed by atoms with Gasteiger partial charge in [-0.2, -0.15) is 0 Å². The summed E-state index contributed by atoms with van der Waals surface area (Å²) in [6, 6.07) is 11.1. The Morgan fingerprint density at radius 1 is 1.05 bits per heavy atom. The summed E-state index contributed by atoms with van der Waals surface area (Å²) in [5.74, 6) is 1.37. The molecule has 21 heavy (non-hydrogen) atoms. The van der Waals surface area contributed by atoms with Crippen LogP contribution < -0.4 is 15.2 Å². The maximum atomic E-state index is 6.31. The number of benzene rings is 2. The molecule has 0 aliphatic carbocycles. The van der Waals surface area contributed by atoms with Crippen LogP contribution in [0.4, 0.5) is 0 Å². The highest BCUT2D eigenvalue weighted by Crippen LogP contribution is 2.37. The molecule has 110 valence electrons. The lowest BCUT2D eigenvalue weighted by molar-refractivity contribution is 0.171. The van der Waals surface area contributed by atoms with Gasteiger partial charge in [-0.1, -0.05) is 35.3 Å². The van der Waals surface area contributed by atoms with E-state index in [1.165, 1.54) is 0 Å². The van der Waals surface area contributed by atoms with Crippen LogP contribution in [0.25, 0.3) is 0 Å². The Kier molecular flexibility index (Phi) is 4.24. The molecule has 0 aromatic heterocycles. The first kappa shape index (κ1) is 14.5. The molecule has 0 saturated carbocycles. The van der Waals surface area contributed by atoms with Gasteiger partial charge in [0.2, 0.25) is 0 Å². The van der Waals surface area contributed by atoms with Gasteiger partial charge in [-0.25, -0.2) is 0 Å². The molecule has 0 bridgehead atoms. The highest BCUT2D eigenvalue weighted by molar-refractivity contribution is 6.31. The largest absolute Gasteiger partial charge is 0.486 e. The van der Waals surface area contributed by atoms with Crippen molar-refractivity contribution in [2.75, 3.05) is 13.2 Å². The molecule has 3 rings (SSSR count). The quantitative estimate of drug-likeness (QED) is 0.928. The van der Waals surface area contributed by atoms with E-state index in [0.29, 0.717) is 41.2 Å². The second-order valence-electron chi connectivity index (χ2n) is 4.96. The van der Waals surface area contributed by atoms with Crippen LogP contribution in [0.1, 0.15) is 17.2 Å². The van der Waals surface area contributed by atoms with Gasteiger partial charge in [-0.05, 0) is 35.7 Å². The topological polar surface area (TPSA) is 44.5 Å². The SMILES string of the molecule is NC(Cc1cccc(Cl)c1)c1cc2c(cc1Cl)OCCO2. The lowest BCUT2D eigenvalue weighted by Gasteiger charge is -2.22. The molecular formula is C16H15Cl2NO2. The molecule has 3 nitrogen and oxygen atoms in total. The Hall–Kier alpha value is -1.42. The average molecular weight is 324 g/mol. The smallest absolute Gasteiger partial charge is 0.162 e. The van der Waals surface area contributed by atoms with Gasteiger partial charge >= 0.3 is 0 Å². The minimum atomic E-state index is -0.230. The fraction of sp³-hybridized carbons (Fsp3) is 0.250. The van der Waals surface area contributed by atoms with E-state index < -0.39 is 0 Å². The van der Waals surface area contributed by atoms with Crippen molar-refractivity contribution in [1.82, 2.24) is 0 Å². The van der Waals surface area contributed by atoms with Crippen LogP contribution in [0, 0.1) is 0 Å². The second kappa shape index (κ2) is 6.14. The first-order valence-electron chi connectivity index (χ1n) is 6.72. The Labute approximate surface area is 133 Å². The first-order valence-corrected chi connectivity index (χ1v) is 7.48.